The third kappa shape index (κ3) is 1.62. The van der Waals surface area contributed by atoms with Crippen LogP contribution in [-0.2, 0) is 0 Å². The summed E-state index contributed by atoms with van der Waals surface area (Å²) in [5.41, 5.74) is 0.749. The van der Waals surface area contributed by atoms with Crippen molar-refractivity contribution in [2.75, 3.05) is 0 Å². The molecular weight excluding hydrogens is 192 g/mol. The summed E-state index contributed by atoms with van der Waals surface area (Å²) < 4.78 is 0. The van der Waals surface area contributed by atoms with Crippen LogP contribution >= 0.6 is 11.6 Å². The van der Waals surface area contributed by atoms with Gasteiger partial charge in [-0.3, -0.25) is 0 Å². The van der Waals surface area contributed by atoms with Gasteiger partial charge in [-0.2, -0.15) is 0 Å². The van der Waals surface area contributed by atoms with Gasteiger partial charge in [0.1, 0.15) is 0 Å². The lowest BCUT2D eigenvalue weighted by atomic mass is 10.1. The Hall–Kier alpha value is -1.16. The van der Waals surface area contributed by atoms with Crippen LogP contribution in [-0.4, -0.2) is 21.0 Å². The lowest BCUT2D eigenvalue weighted by Gasteiger charge is -2.01. The summed E-state index contributed by atoms with van der Waals surface area (Å²) in [4.78, 5) is 18.3. The number of hydrogen-bond acceptors (Lipinski definition) is 3. The first-order valence-corrected chi connectivity index (χ1v) is 4.32. The van der Waals surface area contributed by atoms with Crippen molar-refractivity contribution < 1.29 is 9.90 Å². The summed E-state index contributed by atoms with van der Waals surface area (Å²) in [6.45, 7) is 0. The monoisotopic (exact) mass is 198 g/mol. The average molecular weight is 199 g/mol. The zero-order valence-electron chi connectivity index (χ0n) is 6.70. The molecule has 1 saturated carbocycles. The number of carbonyl (C=O) groups is 1. The third-order valence-corrected chi connectivity index (χ3v) is 2.17. The normalized spacial score (nSPS) is 15.8. The standard InChI is InChI=1S/C8H7ClN2O2/c9-8-10-3-5(7(12)13)6(11-8)4-1-2-4/h3-4H,1-2H2,(H,12,13). The first-order valence-electron chi connectivity index (χ1n) is 3.94. The van der Waals surface area contributed by atoms with E-state index >= 15 is 0 Å². The van der Waals surface area contributed by atoms with Crippen molar-refractivity contribution in [1.82, 2.24) is 9.97 Å². The molecule has 1 aliphatic carbocycles. The molecule has 0 saturated heterocycles. The molecule has 0 aromatic carbocycles. The zero-order chi connectivity index (χ0) is 9.42. The lowest BCUT2D eigenvalue weighted by Crippen LogP contribution is -2.05. The van der Waals surface area contributed by atoms with Crippen molar-refractivity contribution in [3.63, 3.8) is 0 Å². The van der Waals surface area contributed by atoms with Crippen LogP contribution in [0.2, 0.25) is 5.28 Å². The Morgan fingerprint density at radius 1 is 1.62 bits per heavy atom. The molecule has 0 atom stereocenters. The summed E-state index contributed by atoms with van der Waals surface area (Å²) in [7, 11) is 0. The number of carboxylic acids is 1. The number of halogens is 1. The van der Waals surface area contributed by atoms with Crippen LogP contribution in [0.1, 0.15) is 34.8 Å². The predicted octanol–water partition coefficient (Wildman–Crippen LogP) is 1.71. The van der Waals surface area contributed by atoms with Crippen molar-refractivity contribution in [2.24, 2.45) is 0 Å². The van der Waals surface area contributed by atoms with E-state index in [1.165, 1.54) is 6.20 Å². The molecule has 68 valence electrons. The molecule has 0 aliphatic heterocycles. The highest BCUT2D eigenvalue weighted by molar-refractivity contribution is 6.28. The second-order valence-corrected chi connectivity index (χ2v) is 3.36. The van der Waals surface area contributed by atoms with E-state index in [-0.39, 0.29) is 16.8 Å². The van der Waals surface area contributed by atoms with E-state index in [9.17, 15) is 4.79 Å². The first-order chi connectivity index (χ1) is 6.18. The number of carboxylic acid groups (broad SMARTS) is 1. The van der Waals surface area contributed by atoms with E-state index in [2.05, 4.69) is 9.97 Å². The van der Waals surface area contributed by atoms with Crippen LogP contribution in [0.5, 0.6) is 0 Å². The number of hydrogen-bond donors (Lipinski definition) is 1. The molecule has 1 aliphatic rings. The van der Waals surface area contributed by atoms with Gasteiger partial charge in [0.15, 0.2) is 0 Å². The SMILES string of the molecule is O=C(O)c1cnc(Cl)nc1C1CC1. The average Bonchev–Trinajstić information content (AvgIpc) is 2.85. The van der Waals surface area contributed by atoms with Gasteiger partial charge in [0.25, 0.3) is 0 Å². The van der Waals surface area contributed by atoms with Gasteiger partial charge in [-0.1, -0.05) is 0 Å². The molecule has 13 heavy (non-hydrogen) atoms. The van der Waals surface area contributed by atoms with Gasteiger partial charge in [0.05, 0.1) is 11.3 Å². The van der Waals surface area contributed by atoms with Gasteiger partial charge in [-0.05, 0) is 24.4 Å². The summed E-state index contributed by atoms with van der Waals surface area (Å²) in [6.07, 6.45) is 3.26. The fourth-order valence-electron chi connectivity index (χ4n) is 1.21. The molecule has 1 aromatic heterocycles. The van der Waals surface area contributed by atoms with Crippen LogP contribution in [0.15, 0.2) is 6.20 Å². The van der Waals surface area contributed by atoms with E-state index in [1.807, 2.05) is 0 Å². The highest BCUT2D eigenvalue weighted by Crippen LogP contribution is 2.40. The highest BCUT2D eigenvalue weighted by Gasteiger charge is 2.30. The van der Waals surface area contributed by atoms with Crippen LogP contribution in [0, 0.1) is 0 Å². The third-order valence-electron chi connectivity index (χ3n) is 1.98. The largest absolute Gasteiger partial charge is 0.478 e. The number of aromatic nitrogens is 2. The predicted molar refractivity (Wildman–Crippen MR) is 46.0 cm³/mol. The minimum absolute atomic E-state index is 0.118. The van der Waals surface area contributed by atoms with Crippen molar-refractivity contribution in [3.05, 3.63) is 22.7 Å². The molecular formula is C8H7ClN2O2. The van der Waals surface area contributed by atoms with Crippen LogP contribution in [0.25, 0.3) is 0 Å². The lowest BCUT2D eigenvalue weighted by molar-refractivity contribution is 0.0694. The Kier molecular flexibility index (Phi) is 1.92. The van der Waals surface area contributed by atoms with E-state index < -0.39 is 5.97 Å². The highest BCUT2D eigenvalue weighted by atomic mass is 35.5. The van der Waals surface area contributed by atoms with Crippen molar-refractivity contribution >= 4 is 17.6 Å². The fraction of sp³-hybridized carbons (Fsp3) is 0.375. The molecule has 5 heteroatoms. The van der Waals surface area contributed by atoms with Gasteiger partial charge < -0.3 is 5.11 Å². The molecule has 0 unspecified atom stereocenters. The molecule has 1 N–H and O–H groups in total. The van der Waals surface area contributed by atoms with Crippen molar-refractivity contribution in [2.45, 2.75) is 18.8 Å². The summed E-state index contributed by atoms with van der Waals surface area (Å²) >= 11 is 5.58. The van der Waals surface area contributed by atoms with Gasteiger partial charge in [-0.15, -0.1) is 0 Å². The number of rotatable bonds is 2. The second kappa shape index (κ2) is 2.96. The maximum Gasteiger partial charge on any atom is 0.339 e. The van der Waals surface area contributed by atoms with Crippen molar-refractivity contribution in [1.29, 1.82) is 0 Å². The summed E-state index contributed by atoms with van der Waals surface area (Å²) in [6, 6.07) is 0. The molecule has 0 bridgehead atoms. The Bertz CT molecular complexity index is 363. The van der Waals surface area contributed by atoms with Gasteiger partial charge >= 0.3 is 5.97 Å². The van der Waals surface area contributed by atoms with E-state index in [0.717, 1.165) is 12.8 Å². The zero-order valence-corrected chi connectivity index (χ0v) is 7.45. The smallest absolute Gasteiger partial charge is 0.339 e. The molecule has 0 spiro atoms. The Balaban J connectivity index is 2.47. The van der Waals surface area contributed by atoms with E-state index in [0.29, 0.717) is 5.69 Å². The molecule has 0 amide bonds. The second-order valence-electron chi connectivity index (χ2n) is 3.02. The van der Waals surface area contributed by atoms with Gasteiger partial charge in [0, 0.05) is 12.1 Å². The summed E-state index contributed by atoms with van der Waals surface area (Å²) in [5.74, 6) is -0.717. The fourth-order valence-corrected chi connectivity index (χ4v) is 1.35. The minimum Gasteiger partial charge on any atom is -0.478 e. The molecule has 1 heterocycles. The van der Waals surface area contributed by atoms with Crippen LogP contribution in [0.4, 0.5) is 0 Å². The quantitative estimate of drug-likeness (QED) is 0.735. The maximum absolute atomic E-state index is 10.7. The first kappa shape index (κ1) is 8.44. The number of nitrogens with zero attached hydrogens (tertiary/aromatic N) is 2. The van der Waals surface area contributed by atoms with Gasteiger partial charge in [-0.25, -0.2) is 14.8 Å². The molecule has 0 radical (unpaired) electrons. The minimum atomic E-state index is -0.987. The summed E-state index contributed by atoms with van der Waals surface area (Å²) in [5, 5.41) is 8.93. The molecule has 4 nitrogen and oxygen atoms in total. The van der Waals surface area contributed by atoms with Crippen molar-refractivity contribution in [3.8, 4) is 0 Å². The number of aromatic carboxylic acids is 1. The Morgan fingerprint density at radius 2 is 2.31 bits per heavy atom. The Labute approximate surface area is 79.6 Å². The molecule has 1 aromatic rings. The van der Waals surface area contributed by atoms with E-state index in [4.69, 9.17) is 16.7 Å². The maximum atomic E-state index is 10.7. The Morgan fingerprint density at radius 3 is 2.85 bits per heavy atom. The van der Waals surface area contributed by atoms with Crippen LogP contribution in [0.3, 0.4) is 0 Å². The van der Waals surface area contributed by atoms with Gasteiger partial charge in [0.2, 0.25) is 5.28 Å². The molecule has 1 fully saturated rings. The van der Waals surface area contributed by atoms with E-state index in [1.54, 1.807) is 0 Å². The molecule has 2 rings (SSSR count). The van der Waals surface area contributed by atoms with Crippen LogP contribution < -0.4 is 0 Å². The topological polar surface area (TPSA) is 63.1 Å².